The molecule has 3 aromatic rings. The van der Waals surface area contributed by atoms with Crippen LogP contribution in [-0.4, -0.2) is 21.1 Å². The molecule has 0 unspecified atom stereocenters. The Balaban J connectivity index is 1.94. The van der Waals surface area contributed by atoms with Crippen molar-refractivity contribution in [2.24, 2.45) is 5.10 Å². The van der Waals surface area contributed by atoms with E-state index in [-0.39, 0.29) is 5.41 Å². The quantitative estimate of drug-likeness (QED) is 0.492. The molecule has 2 aromatic carbocycles. The molecule has 0 atom stereocenters. The van der Waals surface area contributed by atoms with E-state index in [0.717, 1.165) is 11.1 Å². The van der Waals surface area contributed by atoms with Crippen molar-refractivity contribution in [2.45, 2.75) is 26.2 Å². The minimum atomic E-state index is 0.107. The molecule has 0 saturated carbocycles. The first-order chi connectivity index (χ1) is 11.8. The van der Waals surface area contributed by atoms with Crippen LogP contribution in [0.2, 0.25) is 5.02 Å². The molecule has 1 aromatic heterocycles. The fourth-order valence-corrected chi connectivity index (χ4v) is 2.68. The average molecular weight is 371 g/mol. The van der Waals surface area contributed by atoms with E-state index in [1.807, 2.05) is 36.4 Å². The number of nitrogens with zero attached hydrogens (tertiary/aromatic N) is 3. The second-order valence-electron chi connectivity index (χ2n) is 6.79. The number of aromatic nitrogens is 3. The molecule has 128 valence electrons. The molecule has 0 aliphatic carbocycles. The number of hydrogen-bond donors (Lipinski definition) is 1. The average Bonchev–Trinajstić information content (AvgIpc) is 2.94. The lowest BCUT2D eigenvalue weighted by molar-refractivity contribution is 0.590. The number of hydrogen-bond acceptors (Lipinski definition) is 3. The Hall–Kier alpha value is -2.24. The van der Waals surface area contributed by atoms with Gasteiger partial charge in [0.15, 0.2) is 5.82 Å². The molecule has 0 bridgehead atoms. The van der Waals surface area contributed by atoms with Crippen molar-refractivity contribution in [1.82, 2.24) is 14.9 Å². The molecule has 0 aliphatic rings. The van der Waals surface area contributed by atoms with Gasteiger partial charge in [-0.3, -0.25) is 0 Å². The molecule has 0 radical (unpaired) electrons. The highest BCUT2D eigenvalue weighted by Gasteiger charge is 2.14. The zero-order valence-corrected chi connectivity index (χ0v) is 15.9. The number of halogens is 1. The molecule has 6 heteroatoms. The van der Waals surface area contributed by atoms with Crippen LogP contribution in [0, 0.1) is 4.77 Å². The van der Waals surface area contributed by atoms with Crippen molar-refractivity contribution in [3.05, 3.63) is 69.5 Å². The van der Waals surface area contributed by atoms with Crippen LogP contribution in [0.25, 0.3) is 11.4 Å². The van der Waals surface area contributed by atoms with Gasteiger partial charge in [0, 0.05) is 10.6 Å². The lowest BCUT2D eigenvalue weighted by atomic mass is 9.87. The second-order valence-corrected chi connectivity index (χ2v) is 7.61. The first-order valence-electron chi connectivity index (χ1n) is 7.93. The largest absolute Gasteiger partial charge is 0.250 e. The van der Waals surface area contributed by atoms with Gasteiger partial charge in [-0.2, -0.15) is 14.9 Å². The van der Waals surface area contributed by atoms with Crippen LogP contribution in [0.15, 0.2) is 53.6 Å². The third kappa shape index (κ3) is 4.06. The summed E-state index contributed by atoms with van der Waals surface area (Å²) in [7, 11) is 0. The van der Waals surface area contributed by atoms with Crippen LogP contribution < -0.4 is 0 Å². The summed E-state index contributed by atoms with van der Waals surface area (Å²) >= 11 is 11.2. The van der Waals surface area contributed by atoms with Crippen LogP contribution in [-0.2, 0) is 5.41 Å². The van der Waals surface area contributed by atoms with Gasteiger partial charge in [0.05, 0.1) is 6.21 Å². The van der Waals surface area contributed by atoms with E-state index in [9.17, 15) is 0 Å². The molecule has 4 nitrogen and oxygen atoms in total. The Morgan fingerprint density at radius 2 is 1.72 bits per heavy atom. The monoisotopic (exact) mass is 370 g/mol. The molecule has 3 rings (SSSR count). The van der Waals surface area contributed by atoms with E-state index in [4.69, 9.17) is 23.8 Å². The van der Waals surface area contributed by atoms with E-state index in [0.29, 0.717) is 15.6 Å². The highest BCUT2D eigenvalue weighted by atomic mass is 35.5. The van der Waals surface area contributed by atoms with Gasteiger partial charge in [-0.15, -0.1) is 0 Å². The topological polar surface area (TPSA) is 46.0 Å². The van der Waals surface area contributed by atoms with E-state index in [1.54, 1.807) is 10.9 Å². The van der Waals surface area contributed by atoms with Crippen LogP contribution in [0.3, 0.4) is 0 Å². The number of rotatable bonds is 3. The molecule has 0 fully saturated rings. The zero-order valence-electron chi connectivity index (χ0n) is 14.3. The number of aromatic amines is 1. The van der Waals surface area contributed by atoms with E-state index >= 15 is 0 Å². The molecular formula is C19H19ClN4S. The third-order valence-electron chi connectivity index (χ3n) is 3.85. The normalized spacial score (nSPS) is 12.0. The van der Waals surface area contributed by atoms with Gasteiger partial charge in [0.1, 0.15) is 0 Å². The van der Waals surface area contributed by atoms with Gasteiger partial charge in [-0.05, 0) is 40.9 Å². The van der Waals surface area contributed by atoms with Crippen LogP contribution in [0.5, 0.6) is 0 Å². The van der Waals surface area contributed by atoms with Crippen molar-refractivity contribution in [2.75, 3.05) is 0 Å². The maximum absolute atomic E-state index is 5.91. The lowest BCUT2D eigenvalue weighted by Crippen LogP contribution is -2.10. The Morgan fingerprint density at radius 1 is 1.08 bits per heavy atom. The summed E-state index contributed by atoms with van der Waals surface area (Å²) in [6, 6.07) is 15.7. The van der Waals surface area contributed by atoms with Gasteiger partial charge >= 0.3 is 0 Å². The summed E-state index contributed by atoms with van der Waals surface area (Å²) in [6.45, 7) is 6.57. The van der Waals surface area contributed by atoms with Crippen molar-refractivity contribution >= 4 is 30.0 Å². The summed E-state index contributed by atoms with van der Waals surface area (Å²) < 4.78 is 2.07. The Kier molecular flexibility index (Phi) is 4.88. The van der Waals surface area contributed by atoms with E-state index < -0.39 is 0 Å². The minimum Gasteiger partial charge on any atom is -0.250 e. The van der Waals surface area contributed by atoms with Crippen LogP contribution in [0.4, 0.5) is 0 Å². The molecule has 0 amide bonds. The van der Waals surface area contributed by atoms with Crippen molar-refractivity contribution < 1.29 is 0 Å². The van der Waals surface area contributed by atoms with E-state index in [2.05, 4.69) is 48.2 Å². The molecule has 25 heavy (non-hydrogen) atoms. The Labute approximate surface area is 157 Å². The summed E-state index contributed by atoms with van der Waals surface area (Å²) in [5.41, 5.74) is 3.26. The van der Waals surface area contributed by atoms with Crippen molar-refractivity contribution in [3.8, 4) is 11.4 Å². The molecular weight excluding hydrogens is 352 g/mol. The standard InChI is InChI=1S/C19H19ClN4S/c1-19(2,3)15-8-6-14(7-9-15)17-22-23-18(25)24(17)21-12-13-4-10-16(20)11-5-13/h4-12H,1-3H3,(H,23,25). The number of benzene rings is 2. The Morgan fingerprint density at radius 3 is 2.32 bits per heavy atom. The lowest BCUT2D eigenvalue weighted by Gasteiger charge is -2.18. The van der Waals surface area contributed by atoms with Gasteiger partial charge in [0.25, 0.3) is 0 Å². The van der Waals surface area contributed by atoms with Crippen molar-refractivity contribution in [3.63, 3.8) is 0 Å². The zero-order chi connectivity index (χ0) is 18.0. The first kappa shape index (κ1) is 17.6. The second kappa shape index (κ2) is 6.94. The van der Waals surface area contributed by atoms with Gasteiger partial charge < -0.3 is 0 Å². The number of H-pyrrole nitrogens is 1. The molecule has 0 aliphatic heterocycles. The maximum atomic E-state index is 5.91. The highest BCUT2D eigenvalue weighted by molar-refractivity contribution is 7.71. The van der Waals surface area contributed by atoms with Gasteiger partial charge in [0.2, 0.25) is 4.77 Å². The fourth-order valence-electron chi connectivity index (χ4n) is 2.38. The van der Waals surface area contributed by atoms with Gasteiger partial charge in [-0.1, -0.05) is 68.8 Å². The summed E-state index contributed by atoms with van der Waals surface area (Å²) in [6.07, 6.45) is 1.73. The maximum Gasteiger partial charge on any atom is 0.216 e. The molecule has 1 N–H and O–H groups in total. The molecule has 0 spiro atoms. The first-order valence-corrected chi connectivity index (χ1v) is 8.71. The summed E-state index contributed by atoms with van der Waals surface area (Å²) in [5.74, 6) is 0.677. The predicted octanol–water partition coefficient (Wildman–Crippen LogP) is 5.44. The van der Waals surface area contributed by atoms with Crippen molar-refractivity contribution in [1.29, 1.82) is 0 Å². The Bertz CT molecular complexity index is 945. The fraction of sp³-hybridized carbons (Fsp3) is 0.211. The summed E-state index contributed by atoms with van der Waals surface area (Å²) in [5, 5.41) is 12.3. The van der Waals surface area contributed by atoms with Crippen LogP contribution in [0.1, 0.15) is 31.9 Å². The minimum absolute atomic E-state index is 0.107. The SMILES string of the molecule is CC(C)(C)c1ccc(-c2n[nH]c(=S)n2N=Cc2ccc(Cl)cc2)cc1. The summed E-state index contributed by atoms with van der Waals surface area (Å²) in [4.78, 5) is 0. The molecule has 0 saturated heterocycles. The third-order valence-corrected chi connectivity index (χ3v) is 4.37. The highest BCUT2D eigenvalue weighted by Crippen LogP contribution is 2.25. The van der Waals surface area contributed by atoms with E-state index in [1.165, 1.54) is 5.56 Å². The predicted molar refractivity (Wildman–Crippen MR) is 106 cm³/mol. The van der Waals surface area contributed by atoms with Gasteiger partial charge in [-0.25, -0.2) is 5.10 Å². The van der Waals surface area contributed by atoms with Crippen LogP contribution >= 0.6 is 23.8 Å². The smallest absolute Gasteiger partial charge is 0.216 e. The molecule has 1 heterocycles. The number of nitrogens with one attached hydrogen (secondary N) is 1.